The Balaban J connectivity index is 1.97. The number of thioether (sulfide) groups is 1. The van der Waals surface area contributed by atoms with Crippen LogP contribution in [-0.2, 0) is 4.79 Å². The lowest BCUT2D eigenvalue weighted by Crippen LogP contribution is -2.30. The molecule has 1 aromatic rings. The molecule has 1 fully saturated rings. The van der Waals surface area contributed by atoms with E-state index in [1.165, 1.54) is 0 Å². The highest BCUT2D eigenvalue weighted by atomic mass is 32.2. The number of carbonyl (C=O) groups excluding carboxylic acids is 1. The molecule has 0 radical (unpaired) electrons. The van der Waals surface area contributed by atoms with E-state index in [2.05, 4.69) is 5.32 Å². The van der Waals surface area contributed by atoms with Gasteiger partial charge in [0.15, 0.2) is 0 Å². The van der Waals surface area contributed by atoms with Gasteiger partial charge in [-0.2, -0.15) is 0 Å². The average molecular weight is 265 g/mol. The highest BCUT2D eigenvalue weighted by molar-refractivity contribution is 8.00. The van der Waals surface area contributed by atoms with Crippen LogP contribution in [0.4, 0.5) is 0 Å². The highest BCUT2D eigenvalue weighted by Gasteiger charge is 2.21. The molecule has 1 aliphatic rings. The quantitative estimate of drug-likeness (QED) is 0.909. The zero-order chi connectivity index (χ0) is 12.8. The number of nitrogens with one attached hydrogen (secondary N) is 1. The lowest BCUT2D eigenvalue weighted by Gasteiger charge is -2.12. The smallest absolute Gasteiger partial charge is 0.233 e. The number of benzene rings is 1. The van der Waals surface area contributed by atoms with Gasteiger partial charge < -0.3 is 10.1 Å². The van der Waals surface area contributed by atoms with Crippen molar-refractivity contribution in [3.63, 3.8) is 0 Å². The van der Waals surface area contributed by atoms with Crippen molar-refractivity contribution in [3.8, 4) is 5.75 Å². The Bertz CT molecular complexity index is 391. The first-order chi connectivity index (χ1) is 8.79. The summed E-state index contributed by atoms with van der Waals surface area (Å²) in [6.45, 7) is 3.47. The predicted molar refractivity (Wildman–Crippen MR) is 74.1 cm³/mol. The van der Waals surface area contributed by atoms with Crippen LogP contribution in [0, 0.1) is 0 Å². The maximum Gasteiger partial charge on any atom is 0.233 e. The molecule has 3 nitrogen and oxygen atoms in total. The average Bonchev–Trinajstić information content (AvgIpc) is 2.58. The van der Waals surface area contributed by atoms with Gasteiger partial charge in [0.1, 0.15) is 5.75 Å². The van der Waals surface area contributed by atoms with Crippen LogP contribution in [0.2, 0.25) is 0 Å². The zero-order valence-electron chi connectivity index (χ0n) is 10.6. The Morgan fingerprint density at radius 3 is 2.83 bits per heavy atom. The third kappa shape index (κ3) is 3.67. The molecule has 98 valence electrons. The first-order valence-electron chi connectivity index (χ1n) is 6.47. The fourth-order valence-corrected chi connectivity index (χ4v) is 3.07. The van der Waals surface area contributed by atoms with E-state index in [-0.39, 0.29) is 11.2 Å². The number of hydrogen-bond donors (Lipinski definition) is 1. The first kappa shape index (κ1) is 13.3. The van der Waals surface area contributed by atoms with E-state index in [1.807, 2.05) is 31.2 Å². The molecule has 0 aromatic heterocycles. The largest absolute Gasteiger partial charge is 0.494 e. The van der Waals surface area contributed by atoms with Gasteiger partial charge in [-0.25, -0.2) is 0 Å². The summed E-state index contributed by atoms with van der Waals surface area (Å²) in [6.07, 6.45) is 3.17. The van der Waals surface area contributed by atoms with Gasteiger partial charge in [-0.1, -0.05) is 6.42 Å². The molecule has 0 unspecified atom stereocenters. The summed E-state index contributed by atoms with van der Waals surface area (Å²) in [4.78, 5) is 13.0. The second-order valence-electron chi connectivity index (χ2n) is 4.30. The predicted octanol–water partition coefficient (Wildman–Crippen LogP) is 2.85. The third-order valence-corrected chi connectivity index (χ3v) is 4.18. The molecule has 18 heavy (non-hydrogen) atoms. The first-order valence-corrected chi connectivity index (χ1v) is 7.35. The van der Waals surface area contributed by atoms with Crippen molar-refractivity contribution in [3.05, 3.63) is 24.3 Å². The lowest BCUT2D eigenvalue weighted by molar-refractivity contribution is -0.120. The van der Waals surface area contributed by atoms with Crippen LogP contribution < -0.4 is 10.1 Å². The van der Waals surface area contributed by atoms with Crippen LogP contribution in [0.25, 0.3) is 0 Å². The van der Waals surface area contributed by atoms with Crippen LogP contribution in [0.5, 0.6) is 5.75 Å². The minimum absolute atomic E-state index is 0.0467. The van der Waals surface area contributed by atoms with Crippen molar-refractivity contribution in [1.29, 1.82) is 0 Å². The van der Waals surface area contributed by atoms with Crippen molar-refractivity contribution in [2.75, 3.05) is 13.2 Å². The third-order valence-electron chi connectivity index (χ3n) is 2.90. The summed E-state index contributed by atoms with van der Waals surface area (Å²) >= 11 is 1.65. The molecule has 0 spiro atoms. The van der Waals surface area contributed by atoms with Gasteiger partial charge in [-0.3, -0.25) is 4.79 Å². The topological polar surface area (TPSA) is 38.3 Å². The molecule has 4 heteroatoms. The number of carbonyl (C=O) groups is 1. The SMILES string of the molecule is CCOc1ccc(S[C@H]2CCCCNC2=O)cc1. The van der Waals surface area contributed by atoms with Crippen LogP contribution in [0.3, 0.4) is 0 Å². The number of amides is 1. The van der Waals surface area contributed by atoms with Crippen LogP contribution in [0.1, 0.15) is 26.2 Å². The normalized spacial score (nSPS) is 20.1. The summed E-state index contributed by atoms with van der Waals surface area (Å²) in [7, 11) is 0. The fourth-order valence-electron chi connectivity index (χ4n) is 1.97. The molecule has 0 bridgehead atoms. The van der Waals surface area contributed by atoms with Gasteiger partial charge in [-0.15, -0.1) is 11.8 Å². The molecule has 2 rings (SSSR count). The van der Waals surface area contributed by atoms with Crippen molar-refractivity contribution in [2.24, 2.45) is 0 Å². The van der Waals surface area contributed by atoms with Crippen molar-refractivity contribution >= 4 is 17.7 Å². The monoisotopic (exact) mass is 265 g/mol. The molecule has 1 saturated heterocycles. The van der Waals surface area contributed by atoms with E-state index in [9.17, 15) is 4.79 Å². The number of hydrogen-bond acceptors (Lipinski definition) is 3. The fraction of sp³-hybridized carbons (Fsp3) is 0.500. The molecule has 1 amide bonds. The minimum Gasteiger partial charge on any atom is -0.494 e. The zero-order valence-corrected chi connectivity index (χ0v) is 11.5. The van der Waals surface area contributed by atoms with Crippen LogP contribution >= 0.6 is 11.8 Å². The molecular weight excluding hydrogens is 246 g/mol. The number of rotatable bonds is 4. The van der Waals surface area contributed by atoms with Crippen LogP contribution in [-0.4, -0.2) is 24.3 Å². The van der Waals surface area contributed by atoms with E-state index in [0.717, 1.165) is 36.5 Å². The van der Waals surface area contributed by atoms with Gasteiger partial charge >= 0.3 is 0 Å². The summed E-state index contributed by atoms with van der Waals surface area (Å²) in [5, 5.41) is 3.01. The molecule has 1 aliphatic heterocycles. The summed E-state index contributed by atoms with van der Waals surface area (Å²) in [5.74, 6) is 1.05. The Morgan fingerprint density at radius 2 is 2.11 bits per heavy atom. The maximum atomic E-state index is 11.8. The Hall–Kier alpha value is -1.16. The molecule has 1 heterocycles. The van der Waals surface area contributed by atoms with Crippen LogP contribution in [0.15, 0.2) is 29.2 Å². The van der Waals surface area contributed by atoms with E-state index in [4.69, 9.17) is 4.74 Å². The molecule has 1 atom stereocenters. The maximum absolute atomic E-state index is 11.8. The molecule has 1 N–H and O–H groups in total. The minimum atomic E-state index is 0.0467. The van der Waals surface area contributed by atoms with Gasteiger partial charge in [0, 0.05) is 11.4 Å². The molecular formula is C14H19NO2S. The summed E-state index contributed by atoms with van der Waals surface area (Å²) in [6, 6.07) is 7.96. The van der Waals surface area contributed by atoms with Gasteiger partial charge in [0.25, 0.3) is 0 Å². The van der Waals surface area contributed by atoms with Gasteiger partial charge in [0.2, 0.25) is 5.91 Å². The van der Waals surface area contributed by atoms with Crippen molar-refractivity contribution < 1.29 is 9.53 Å². The Morgan fingerprint density at radius 1 is 1.33 bits per heavy atom. The summed E-state index contributed by atoms with van der Waals surface area (Å²) in [5.41, 5.74) is 0. The molecule has 0 saturated carbocycles. The highest BCUT2D eigenvalue weighted by Crippen LogP contribution is 2.29. The Labute approximate surface area is 112 Å². The van der Waals surface area contributed by atoms with Gasteiger partial charge in [-0.05, 0) is 44.0 Å². The Kier molecular flexibility index (Phi) is 4.93. The molecule has 1 aromatic carbocycles. The van der Waals surface area contributed by atoms with Gasteiger partial charge in [0.05, 0.1) is 11.9 Å². The van der Waals surface area contributed by atoms with E-state index in [1.54, 1.807) is 11.8 Å². The summed E-state index contributed by atoms with van der Waals surface area (Å²) < 4.78 is 5.40. The lowest BCUT2D eigenvalue weighted by atomic mass is 10.2. The van der Waals surface area contributed by atoms with E-state index in [0.29, 0.717) is 6.61 Å². The van der Waals surface area contributed by atoms with Crippen molar-refractivity contribution in [2.45, 2.75) is 36.3 Å². The number of ether oxygens (including phenoxy) is 1. The standard InChI is InChI=1S/C14H19NO2S/c1-2-17-11-6-8-12(9-7-11)18-13-5-3-4-10-15-14(13)16/h6-9,13H,2-5,10H2,1H3,(H,15,16)/t13-/m0/s1. The molecule has 0 aliphatic carbocycles. The van der Waals surface area contributed by atoms with Crippen molar-refractivity contribution in [1.82, 2.24) is 5.32 Å². The van der Waals surface area contributed by atoms with E-state index < -0.39 is 0 Å². The second kappa shape index (κ2) is 6.69. The van der Waals surface area contributed by atoms with E-state index >= 15 is 0 Å². The second-order valence-corrected chi connectivity index (χ2v) is 5.57.